The Morgan fingerprint density at radius 2 is 2.00 bits per heavy atom. The molecule has 110 valence electrons. The molecule has 4 heteroatoms. The lowest BCUT2D eigenvalue weighted by Gasteiger charge is -2.45. The zero-order valence-electron chi connectivity index (χ0n) is 12.5. The number of piperidine rings is 1. The second-order valence-electron chi connectivity index (χ2n) is 6.26. The maximum absolute atomic E-state index is 6.10. The molecule has 0 radical (unpaired) electrons. The van der Waals surface area contributed by atoms with Crippen molar-refractivity contribution >= 4 is 11.6 Å². The van der Waals surface area contributed by atoms with Gasteiger partial charge in [-0.1, -0.05) is 26.2 Å². The van der Waals surface area contributed by atoms with E-state index in [2.05, 4.69) is 21.8 Å². The molecular formula is C16H26N4. The third kappa shape index (κ3) is 2.48. The molecule has 1 aliphatic heterocycles. The van der Waals surface area contributed by atoms with Gasteiger partial charge in [-0.25, -0.2) is 9.97 Å². The molecule has 1 aromatic heterocycles. The fourth-order valence-electron chi connectivity index (χ4n) is 4.04. The first-order valence-electron chi connectivity index (χ1n) is 8.17. The van der Waals surface area contributed by atoms with E-state index in [4.69, 9.17) is 5.73 Å². The summed E-state index contributed by atoms with van der Waals surface area (Å²) in [6.07, 6.45) is 11.9. The number of hydrogen-bond acceptors (Lipinski definition) is 4. The Labute approximate surface area is 121 Å². The van der Waals surface area contributed by atoms with E-state index in [1.807, 2.05) is 0 Å². The monoisotopic (exact) mass is 274 g/mol. The first-order chi connectivity index (χ1) is 9.81. The summed E-state index contributed by atoms with van der Waals surface area (Å²) < 4.78 is 0. The first kappa shape index (κ1) is 13.7. The fourth-order valence-corrected chi connectivity index (χ4v) is 4.04. The Morgan fingerprint density at radius 1 is 1.20 bits per heavy atom. The average Bonchev–Trinajstić information content (AvgIpc) is 2.49. The van der Waals surface area contributed by atoms with Gasteiger partial charge in [0.1, 0.15) is 18.0 Å². The first-order valence-corrected chi connectivity index (χ1v) is 8.17. The molecule has 2 heterocycles. The second kappa shape index (κ2) is 5.98. The average molecular weight is 274 g/mol. The van der Waals surface area contributed by atoms with Gasteiger partial charge >= 0.3 is 0 Å². The van der Waals surface area contributed by atoms with Crippen LogP contribution in [0.3, 0.4) is 0 Å². The van der Waals surface area contributed by atoms with E-state index in [0.29, 0.717) is 11.9 Å². The van der Waals surface area contributed by atoms with Crippen LogP contribution < -0.4 is 10.6 Å². The van der Waals surface area contributed by atoms with E-state index in [1.54, 1.807) is 6.33 Å². The Hall–Kier alpha value is -1.32. The third-order valence-electron chi connectivity index (χ3n) is 4.97. The highest BCUT2D eigenvalue weighted by molar-refractivity contribution is 5.57. The van der Waals surface area contributed by atoms with Gasteiger partial charge in [0.2, 0.25) is 0 Å². The van der Waals surface area contributed by atoms with E-state index >= 15 is 0 Å². The van der Waals surface area contributed by atoms with Gasteiger partial charge in [0.05, 0.1) is 0 Å². The lowest BCUT2D eigenvalue weighted by atomic mass is 9.78. The minimum atomic E-state index is 0.676. The molecular weight excluding hydrogens is 248 g/mol. The molecule has 1 saturated carbocycles. The fraction of sp³-hybridized carbons (Fsp3) is 0.750. The van der Waals surface area contributed by atoms with Gasteiger partial charge in [-0.15, -0.1) is 0 Å². The second-order valence-corrected chi connectivity index (χ2v) is 6.26. The molecule has 3 rings (SSSR count). The highest BCUT2D eigenvalue weighted by Gasteiger charge is 2.34. The highest BCUT2D eigenvalue weighted by Crippen LogP contribution is 2.38. The summed E-state index contributed by atoms with van der Waals surface area (Å²) in [5, 5.41) is 0. The standard InChI is InChI=1S/C16H26N4/c1-2-6-13-15(17)18-11-19-16(13)20-10-5-8-12-7-3-4-9-14(12)20/h11-12,14H,2-10H2,1H3,(H2,17,18,19). The number of anilines is 2. The van der Waals surface area contributed by atoms with Crippen molar-refractivity contribution in [2.24, 2.45) is 5.92 Å². The van der Waals surface area contributed by atoms with Crippen molar-refractivity contribution in [2.45, 2.75) is 64.3 Å². The van der Waals surface area contributed by atoms with Gasteiger partial charge in [-0.3, -0.25) is 0 Å². The summed E-state index contributed by atoms with van der Waals surface area (Å²) in [7, 11) is 0. The lowest BCUT2D eigenvalue weighted by Crippen LogP contribution is -2.47. The van der Waals surface area contributed by atoms with Crippen LogP contribution in [0.2, 0.25) is 0 Å². The molecule has 0 bridgehead atoms. The van der Waals surface area contributed by atoms with Crippen molar-refractivity contribution in [1.82, 2.24) is 9.97 Å². The molecule has 1 aliphatic carbocycles. The smallest absolute Gasteiger partial charge is 0.137 e. The zero-order valence-corrected chi connectivity index (χ0v) is 12.5. The molecule has 0 amide bonds. The number of fused-ring (bicyclic) bond motifs is 1. The number of hydrogen-bond donors (Lipinski definition) is 1. The van der Waals surface area contributed by atoms with Crippen LogP contribution in [-0.2, 0) is 6.42 Å². The van der Waals surface area contributed by atoms with Gasteiger partial charge in [0.25, 0.3) is 0 Å². The third-order valence-corrected chi connectivity index (χ3v) is 4.97. The summed E-state index contributed by atoms with van der Waals surface area (Å²) in [5.74, 6) is 2.66. The van der Waals surface area contributed by atoms with Crippen molar-refractivity contribution in [2.75, 3.05) is 17.2 Å². The van der Waals surface area contributed by atoms with Crippen molar-refractivity contribution in [3.05, 3.63) is 11.9 Å². The van der Waals surface area contributed by atoms with E-state index in [-0.39, 0.29) is 0 Å². The highest BCUT2D eigenvalue weighted by atomic mass is 15.2. The largest absolute Gasteiger partial charge is 0.383 e. The maximum Gasteiger partial charge on any atom is 0.137 e. The molecule has 1 saturated heterocycles. The Bertz CT molecular complexity index is 458. The molecule has 2 N–H and O–H groups in total. The number of aromatic nitrogens is 2. The summed E-state index contributed by atoms with van der Waals surface area (Å²) in [4.78, 5) is 11.4. The van der Waals surface area contributed by atoms with Gasteiger partial charge in [-0.2, -0.15) is 0 Å². The van der Waals surface area contributed by atoms with E-state index in [9.17, 15) is 0 Å². The van der Waals surface area contributed by atoms with Crippen LogP contribution in [0.15, 0.2) is 6.33 Å². The Balaban J connectivity index is 1.92. The van der Waals surface area contributed by atoms with Gasteiger partial charge < -0.3 is 10.6 Å². The zero-order chi connectivity index (χ0) is 13.9. The molecule has 0 aromatic carbocycles. The molecule has 0 spiro atoms. The number of nitrogens with two attached hydrogens (primary N) is 1. The summed E-state index contributed by atoms with van der Waals surface area (Å²) in [5.41, 5.74) is 7.27. The number of nitrogen functional groups attached to an aromatic ring is 1. The molecule has 1 aromatic rings. The van der Waals surface area contributed by atoms with Crippen LogP contribution in [0.4, 0.5) is 11.6 Å². The normalized spacial score (nSPS) is 26.4. The molecule has 2 aliphatic rings. The maximum atomic E-state index is 6.10. The topological polar surface area (TPSA) is 55.0 Å². The predicted octanol–water partition coefficient (Wildman–Crippen LogP) is 3.17. The molecule has 2 fully saturated rings. The van der Waals surface area contributed by atoms with Gasteiger partial charge in [0.15, 0.2) is 0 Å². The van der Waals surface area contributed by atoms with Crippen LogP contribution in [0.1, 0.15) is 57.4 Å². The van der Waals surface area contributed by atoms with E-state index < -0.39 is 0 Å². The van der Waals surface area contributed by atoms with Gasteiger partial charge in [0, 0.05) is 18.2 Å². The molecule has 2 atom stereocenters. The molecule has 2 unspecified atom stereocenters. The number of nitrogens with zero attached hydrogens (tertiary/aromatic N) is 3. The predicted molar refractivity (Wildman–Crippen MR) is 82.8 cm³/mol. The summed E-state index contributed by atoms with van der Waals surface area (Å²) in [6.45, 7) is 3.32. The number of rotatable bonds is 3. The Kier molecular flexibility index (Phi) is 4.08. The van der Waals surface area contributed by atoms with Crippen molar-refractivity contribution in [3.63, 3.8) is 0 Å². The van der Waals surface area contributed by atoms with E-state index in [0.717, 1.165) is 31.1 Å². The van der Waals surface area contributed by atoms with Crippen LogP contribution in [0.25, 0.3) is 0 Å². The van der Waals surface area contributed by atoms with Crippen molar-refractivity contribution < 1.29 is 0 Å². The molecule has 4 nitrogen and oxygen atoms in total. The van der Waals surface area contributed by atoms with Crippen molar-refractivity contribution in [3.8, 4) is 0 Å². The van der Waals surface area contributed by atoms with Crippen LogP contribution >= 0.6 is 0 Å². The van der Waals surface area contributed by atoms with E-state index in [1.165, 1.54) is 44.1 Å². The van der Waals surface area contributed by atoms with Crippen molar-refractivity contribution in [1.29, 1.82) is 0 Å². The Morgan fingerprint density at radius 3 is 2.85 bits per heavy atom. The summed E-state index contributed by atoms with van der Waals surface area (Å²) in [6, 6.07) is 0.683. The van der Waals surface area contributed by atoms with Crippen LogP contribution in [0, 0.1) is 5.92 Å². The quantitative estimate of drug-likeness (QED) is 0.920. The minimum absolute atomic E-state index is 0.676. The minimum Gasteiger partial charge on any atom is -0.383 e. The van der Waals surface area contributed by atoms with Gasteiger partial charge in [-0.05, 0) is 38.0 Å². The van der Waals surface area contributed by atoms with Crippen LogP contribution in [-0.4, -0.2) is 22.6 Å². The SMILES string of the molecule is CCCc1c(N)ncnc1N1CCCC2CCCCC21. The summed E-state index contributed by atoms with van der Waals surface area (Å²) >= 11 is 0. The van der Waals surface area contributed by atoms with Crippen LogP contribution in [0.5, 0.6) is 0 Å². The lowest BCUT2D eigenvalue weighted by molar-refractivity contribution is 0.242. The molecule has 20 heavy (non-hydrogen) atoms.